The van der Waals surface area contributed by atoms with Gasteiger partial charge in [-0.1, -0.05) is 13.8 Å². The van der Waals surface area contributed by atoms with Crippen molar-refractivity contribution in [3.05, 3.63) is 20.9 Å². The van der Waals surface area contributed by atoms with E-state index >= 15 is 0 Å². The fourth-order valence-corrected chi connectivity index (χ4v) is 3.89. The summed E-state index contributed by atoms with van der Waals surface area (Å²) in [7, 11) is 0. The number of hydrogen-bond acceptors (Lipinski definition) is 2. The van der Waals surface area contributed by atoms with Crippen molar-refractivity contribution < 1.29 is 4.79 Å². The average molecular weight is 236 g/mol. The first-order valence-electron chi connectivity index (χ1n) is 6.07. The van der Waals surface area contributed by atoms with Gasteiger partial charge in [-0.3, -0.25) is 0 Å². The molecule has 88 valence electrons. The number of hydrogen-bond donors (Lipinski definition) is 0. The molecule has 0 spiro atoms. The Hall–Kier alpha value is -0.630. The SMILES string of the molecule is Cc1sc(CCC=O)c2c1CC(C)(C)CC2. The largest absolute Gasteiger partial charge is 0.303 e. The van der Waals surface area contributed by atoms with Crippen LogP contribution in [0.3, 0.4) is 0 Å². The molecule has 1 aromatic rings. The Morgan fingerprint density at radius 2 is 2.12 bits per heavy atom. The molecule has 0 atom stereocenters. The predicted octanol–water partition coefficient (Wildman–Crippen LogP) is 3.70. The van der Waals surface area contributed by atoms with E-state index in [-0.39, 0.29) is 0 Å². The molecule has 0 bridgehead atoms. The lowest BCUT2D eigenvalue weighted by atomic mass is 9.74. The lowest BCUT2D eigenvalue weighted by Crippen LogP contribution is -2.22. The van der Waals surface area contributed by atoms with Gasteiger partial charge in [0.2, 0.25) is 0 Å². The summed E-state index contributed by atoms with van der Waals surface area (Å²) >= 11 is 1.91. The Balaban J connectivity index is 2.29. The molecule has 1 aromatic heterocycles. The minimum atomic E-state index is 0.459. The lowest BCUT2D eigenvalue weighted by molar-refractivity contribution is -0.107. The molecule has 0 saturated carbocycles. The number of aryl methyl sites for hydroxylation is 2. The van der Waals surface area contributed by atoms with Gasteiger partial charge in [-0.05, 0) is 49.1 Å². The molecular weight excluding hydrogens is 216 g/mol. The van der Waals surface area contributed by atoms with Gasteiger partial charge in [0, 0.05) is 16.2 Å². The first-order chi connectivity index (χ1) is 7.53. The summed E-state index contributed by atoms with van der Waals surface area (Å²) in [5.74, 6) is 0. The average Bonchev–Trinajstić information content (AvgIpc) is 2.51. The number of thiophene rings is 1. The van der Waals surface area contributed by atoms with Crippen LogP contribution in [0.5, 0.6) is 0 Å². The van der Waals surface area contributed by atoms with Crippen molar-refractivity contribution in [1.82, 2.24) is 0 Å². The smallest absolute Gasteiger partial charge is 0.120 e. The molecule has 0 saturated heterocycles. The summed E-state index contributed by atoms with van der Waals surface area (Å²) in [6, 6.07) is 0. The highest BCUT2D eigenvalue weighted by atomic mass is 32.1. The topological polar surface area (TPSA) is 17.1 Å². The maximum absolute atomic E-state index is 10.5. The van der Waals surface area contributed by atoms with Gasteiger partial charge in [-0.15, -0.1) is 11.3 Å². The van der Waals surface area contributed by atoms with Crippen LogP contribution in [-0.4, -0.2) is 6.29 Å². The summed E-state index contributed by atoms with van der Waals surface area (Å²) in [6.07, 6.45) is 6.37. The second kappa shape index (κ2) is 4.33. The zero-order valence-corrected chi connectivity index (χ0v) is 11.2. The summed E-state index contributed by atoms with van der Waals surface area (Å²) in [4.78, 5) is 13.4. The van der Waals surface area contributed by atoms with E-state index in [0.717, 1.165) is 12.7 Å². The highest BCUT2D eigenvalue weighted by Gasteiger charge is 2.29. The van der Waals surface area contributed by atoms with Gasteiger partial charge in [0.1, 0.15) is 6.29 Å². The van der Waals surface area contributed by atoms with E-state index in [1.165, 1.54) is 29.0 Å². The van der Waals surface area contributed by atoms with E-state index in [1.54, 1.807) is 11.1 Å². The molecule has 0 radical (unpaired) electrons. The lowest BCUT2D eigenvalue weighted by Gasteiger charge is -2.30. The number of carbonyl (C=O) groups is 1. The van der Waals surface area contributed by atoms with Gasteiger partial charge in [-0.2, -0.15) is 0 Å². The molecule has 16 heavy (non-hydrogen) atoms. The molecule has 1 heterocycles. The molecule has 1 aliphatic rings. The summed E-state index contributed by atoms with van der Waals surface area (Å²) in [6.45, 7) is 6.95. The number of fused-ring (bicyclic) bond motifs is 1. The van der Waals surface area contributed by atoms with Crippen LogP contribution in [0.4, 0.5) is 0 Å². The van der Waals surface area contributed by atoms with Gasteiger partial charge in [0.25, 0.3) is 0 Å². The molecule has 1 aliphatic carbocycles. The van der Waals surface area contributed by atoms with Crippen LogP contribution in [0.2, 0.25) is 0 Å². The zero-order valence-electron chi connectivity index (χ0n) is 10.4. The Morgan fingerprint density at radius 1 is 1.38 bits per heavy atom. The predicted molar refractivity (Wildman–Crippen MR) is 69.2 cm³/mol. The van der Waals surface area contributed by atoms with E-state index < -0.39 is 0 Å². The van der Waals surface area contributed by atoms with Gasteiger partial charge < -0.3 is 4.79 Å². The van der Waals surface area contributed by atoms with E-state index in [0.29, 0.717) is 11.8 Å². The van der Waals surface area contributed by atoms with Crippen molar-refractivity contribution in [3.8, 4) is 0 Å². The van der Waals surface area contributed by atoms with Gasteiger partial charge in [0.05, 0.1) is 0 Å². The number of aldehydes is 1. The fraction of sp³-hybridized carbons (Fsp3) is 0.643. The standard InChI is InChI=1S/C14H20OS/c1-10-12-9-14(2,3)7-6-11(12)13(16-10)5-4-8-15/h8H,4-7,9H2,1-3H3. The van der Waals surface area contributed by atoms with E-state index in [4.69, 9.17) is 0 Å². The zero-order chi connectivity index (χ0) is 11.8. The van der Waals surface area contributed by atoms with Crippen molar-refractivity contribution in [2.45, 2.75) is 52.9 Å². The van der Waals surface area contributed by atoms with Gasteiger partial charge in [-0.25, -0.2) is 0 Å². The number of rotatable bonds is 3. The van der Waals surface area contributed by atoms with E-state index in [1.807, 2.05) is 11.3 Å². The van der Waals surface area contributed by atoms with Crippen molar-refractivity contribution in [3.63, 3.8) is 0 Å². The van der Waals surface area contributed by atoms with Crippen LogP contribution in [0.1, 0.15) is 47.6 Å². The van der Waals surface area contributed by atoms with Crippen LogP contribution in [0.15, 0.2) is 0 Å². The second-order valence-corrected chi connectivity index (χ2v) is 6.89. The van der Waals surface area contributed by atoms with E-state index in [9.17, 15) is 4.79 Å². The molecule has 0 aromatic carbocycles. The second-order valence-electron chi connectivity index (χ2n) is 5.58. The minimum Gasteiger partial charge on any atom is -0.303 e. The van der Waals surface area contributed by atoms with Crippen molar-refractivity contribution in [2.24, 2.45) is 5.41 Å². The van der Waals surface area contributed by atoms with Crippen LogP contribution < -0.4 is 0 Å². The van der Waals surface area contributed by atoms with Crippen molar-refractivity contribution in [2.75, 3.05) is 0 Å². The Bertz CT molecular complexity index is 401. The maximum atomic E-state index is 10.5. The molecule has 0 unspecified atom stereocenters. The third-order valence-corrected chi connectivity index (χ3v) is 4.85. The maximum Gasteiger partial charge on any atom is 0.120 e. The fourth-order valence-electron chi connectivity index (χ4n) is 2.63. The molecule has 0 aliphatic heterocycles. The van der Waals surface area contributed by atoms with Crippen LogP contribution in [-0.2, 0) is 24.1 Å². The van der Waals surface area contributed by atoms with E-state index in [2.05, 4.69) is 20.8 Å². The highest BCUT2D eigenvalue weighted by Crippen LogP contribution is 2.41. The molecule has 0 amide bonds. The summed E-state index contributed by atoms with van der Waals surface area (Å²) < 4.78 is 0. The first-order valence-corrected chi connectivity index (χ1v) is 6.89. The molecule has 2 heteroatoms. The van der Waals surface area contributed by atoms with Crippen molar-refractivity contribution >= 4 is 17.6 Å². The summed E-state index contributed by atoms with van der Waals surface area (Å²) in [5.41, 5.74) is 3.62. The normalized spacial score (nSPS) is 18.2. The highest BCUT2D eigenvalue weighted by molar-refractivity contribution is 7.12. The summed E-state index contributed by atoms with van der Waals surface area (Å²) in [5, 5.41) is 0. The van der Waals surface area contributed by atoms with Gasteiger partial charge >= 0.3 is 0 Å². The minimum absolute atomic E-state index is 0.459. The van der Waals surface area contributed by atoms with Crippen LogP contribution in [0.25, 0.3) is 0 Å². The Kier molecular flexibility index (Phi) is 3.20. The molecular formula is C14H20OS. The molecule has 1 nitrogen and oxygen atoms in total. The first kappa shape index (κ1) is 11.8. The molecule has 0 N–H and O–H groups in total. The Labute approximate surface area is 102 Å². The molecule has 0 fully saturated rings. The third-order valence-electron chi connectivity index (χ3n) is 3.60. The third kappa shape index (κ3) is 2.22. The van der Waals surface area contributed by atoms with Crippen LogP contribution in [0, 0.1) is 12.3 Å². The molecule has 2 rings (SSSR count). The quantitative estimate of drug-likeness (QED) is 0.731. The van der Waals surface area contributed by atoms with Gasteiger partial charge in [0.15, 0.2) is 0 Å². The number of carbonyl (C=O) groups excluding carboxylic acids is 1. The monoisotopic (exact) mass is 236 g/mol. The van der Waals surface area contributed by atoms with Crippen LogP contribution >= 0.6 is 11.3 Å². The van der Waals surface area contributed by atoms with Crippen molar-refractivity contribution in [1.29, 1.82) is 0 Å². The Morgan fingerprint density at radius 3 is 2.81 bits per heavy atom.